The van der Waals surface area contributed by atoms with Crippen molar-refractivity contribution in [1.82, 2.24) is 14.9 Å². The fraction of sp³-hybridized carbons (Fsp3) is 0.300. The molecule has 1 atom stereocenters. The van der Waals surface area contributed by atoms with Gasteiger partial charge in [0.05, 0.1) is 14.9 Å². The molecule has 0 amide bonds. The molecule has 0 aromatic carbocycles. The second kappa shape index (κ2) is 5.12. The largest absolute Gasteiger partial charge is 0.285 e. The van der Waals surface area contributed by atoms with E-state index in [-0.39, 0.29) is 6.04 Å². The summed E-state index contributed by atoms with van der Waals surface area (Å²) in [4.78, 5) is 1.07. The summed E-state index contributed by atoms with van der Waals surface area (Å²) in [5.74, 6) is 0. The summed E-state index contributed by atoms with van der Waals surface area (Å²) < 4.78 is 27.9. The van der Waals surface area contributed by atoms with Crippen LogP contribution in [0.25, 0.3) is 0 Å². The fourth-order valence-corrected chi connectivity index (χ4v) is 5.21. The van der Waals surface area contributed by atoms with Gasteiger partial charge in [-0.15, -0.1) is 11.3 Å². The Labute approximate surface area is 118 Å². The van der Waals surface area contributed by atoms with E-state index in [1.807, 2.05) is 0 Å². The number of aromatic nitrogens is 2. The molecule has 18 heavy (non-hydrogen) atoms. The SMILES string of the molecule is Cc1sc(Br)cc1S(=O)(=O)NC(C)c1cn[nH]c1. The number of H-pyrrole nitrogens is 1. The van der Waals surface area contributed by atoms with E-state index >= 15 is 0 Å². The zero-order valence-corrected chi connectivity index (χ0v) is 13.0. The molecule has 0 saturated heterocycles. The summed E-state index contributed by atoms with van der Waals surface area (Å²) in [6.07, 6.45) is 3.27. The third kappa shape index (κ3) is 2.82. The number of hydrogen-bond acceptors (Lipinski definition) is 4. The summed E-state index contributed by atoms with van der Waals surface area (Å²) in [7, 11) is -3.51. The summed E-state index contributed by atoms with van der Waals surface area (Å²) in [6.45, 7) is 3.56. The monoisotopic (exact) mass is 349 g/mol. The molecule has 0 spiro atoms. The molecule has 2 N–H and O–H groups in total. The first-order valence-electron chi connectivity index (χ1n) is 5.17. The van der Waals surface area contributed by atoms with Gasteiger partial charge in [-0.25, -0.2) is 13.1 Å². The molecule has 2 rings (SSSR count). The van der Waals surface area contributed by atoms with Crippen LogP contribution in [0.2, 0.25) is 0 Å². The van der Waals surface area contributed by atoms with Gasteiger partial charge in [0.25, 0.3) is 0 Å². The van der Waals surface area contributed by atoms with Gasteiger partial charge in [-0.3, -0.25) is 5.10 Å². The van der Waals surface area contributed by atoms with Crippen molar-refractivity contribution in [1.29, 1.82) is 0 Å². The highest BCUT2D eigenvalue weighted by Crippen LogP contribution is 2.30. The second-order valence-electron chi connectivity index (χ2n) is 3.85. The maximum Gasteiger partial charge on any atom is 0.242 e. The topological polar surface area (TPSA) is 74.8 Å². The van der Waals surface area contributed by atoms with E-state index in [9.17, 15) is 8.42 Å². The molecule has 0 aliphatic rings. The molecule has 2 aromatic rings. The van der Waals surface area contributed by atoms with Crippen LogP contribution >= 0.6 is 27.3 Å². The van der Waals surface area contributed by atoms with Crippen molar-refractivity contribution in [3.05, 3.63) is 32.7 Å². The van der Waals surface area contributed by atoms with Crippen LogP contribution in [-0.2, 0) is 10.0 Å². The van der Waals surface area contributed by atoms with Crippen LogP contribution in [0, 0.1) is 6.92 Å². The van der Waals surface area contributed by atoms with Crippen LogP contribution in [-0.4, -0.2) is 18.6 Å². The Hall–Kier alpha value is -0.700. The van der Waals surface area contributed by atoms with Crippen molar-refractivity contribution in [2.75, 3.05) is 0 Å². The zero-order valence-electron chi connectivity index (χ0n) is 9.77. The van der Waals surface area contributed by atoms with Crippen LogP contribution in [0.1, 0.15) is 23.4 Å². The van der Waals surface area contributed by atoms with E-state index in [0.29, 0.717) is 4.90 Å². The standard InChI is InChI=1S/C10H12BrN3O2S2/c1-6(8-4-12-13-5-8)14-18(15,16)9-3-10(11)17-7(9)2/h3-6,14H,1-2H3,(H,12,13). The highest BCUT2D eigenvalue weighted by atomic mass is 79.9. The van der Waals surface area contributed by atoms with Crippen LogP contribution in [0.3, 0.4) is 0 Å². The third-order valence-electron chi connectivity index (χ3n) is 2.48. The maximum atomic E-state index is 12.2. The number of nitrogens with zero attached hydrogens (tertiary/aromatic N) is 1. The Morgan fingerprint density at radius 1 is 1.56 bits per heavy atom. The molecule has 0 saturated carbocycles. The van der Waals surface area contributed by atoms with Gasteiger partial charge >= 0.3 is 0 Å². The van der Waals surface area contributed by atoms with Gasteiger partial charge in [-0.2, -0.15) is 5.10 Å². The van der Waals surface area contributed by atoms with E-state index in [2.05, 4.69) is 30.8 Å². The highest BCUT2D eigenvalue weighted by molar-refractivity contribution is 9.11. The zero-order chi connectivity index (χ0) is 13.3. The lowest BCUT2D eigenvalue weighted by molar-refractivity contribution is 0.567. The smallest absolute Gasteiger partial charge is 0.242 e. The predicted octanol–water partition coefficient (Wildman–Crippen LogP) is 2.58. The van der Waals surface area contributed by atoms with Crippen molar-refractivity contribution in [3.8, 4) is 0 Å². The van der Waals surface area contributed by atoms with Crippen LogP contribution in [0.5, 0.6) is 0 Å². The van der Waals surface area contributed by atoms with Crippen molar-refractivity contribution in [2.24, 2.45) is 0 Å². The lowest BCUT2D eigenvalue weighted by Gasteiger charge is -2.12. The normalized spacial score (nSPS) is 13.7. The molecule has 0 bridgehead atoms. The summed E-state index contributed by atoms with van der Waals surface area (Å²) in [5, 5.41) is 6.46. The van der Waals surface area contributed by atoms with Crippen molar-refractivity contribution in [3.63, 3.8) is 0 Å². The van der Waals surface area contributed by atoms with Crippen molar-refractivity contribution < 1.29 is 8.42 Å². The summed E-state index contributed by atoms with van der Waals surface area (Å²) in [6, 6.07) is 1.29. The number of nitrogens with one attached hydrogen (secondary N) is 2. The average molecular weight is 350 g/mol. The number of rotatable bonds is 4. The van der Waals surface area contributed by atoms with E-state index in [1.54, 1.807) is 32.3 Å². The Balaban J connectivity index is 2.25. The Morgan fingerprint density at radius 2 is 2.28 bits per heavy atom. The van der Waals surface area contributed by atoms with E-state index in [1.165, 1.54) is 11.3 Å². The number of sulfonamides is 1. The molecule has 2 heterocycles. The Bertz CT molecular complexity index is 634. The quantitative estimate of drug-likeness (QED) is 0.890. The van der Waals surface area contributed by atoms with Gasteiger partial charge in [0.15, 0.2) is 0 Å². The van der Waals surface area contributed by atoms with Crippen molar-refractivity contribution in [2.45, 2.75) is 24.8 Å². The first-order valence-corrected chi connectivity index (χ1v) is 8.26. The van der Waals surface area contributed by atoms with Crippen molar-refractivity contribution >= 4 is 37.3 Å². The molecule has 0 radical (unpaired) electrons. The lowest BCUT2D eigenvalue weighted by Crippen LogP contribution is -2.26. The third-order valence-corrected chi connectivity index (χ3v) is 5.83. The summed E-state index contributed by atoms with van der Waals surface area (Å²) in [5.41, 5.74) is 0.797. The number of aromatic amines is 1. The first-order chi connectivity index (χ1) is 8.40. The molecule has 0 aliphatic heterocycles. The van der Waals surface area contributed by atoms with E-state index in [0.717, 1.165) is 14.2 Å². The molecule has 5 nitrogen and oxygen atoms in total. The van der Waals surface area contributed by atoms with Gasteiger partial charge in [0.1, 0.15) is 0 Å². The fourth-order valence-electron chi connectivity index (χ4n) is 1.56. The summed E-state index contributed by atoms with van der Waals surface area (Å²) >= 11 is 4.69. The minimum atomic E-state index is -3.51. The molecule has 1 unspecified atom stereocenters. The number of aryl methyl sites for hydroxylation is 1. The van der Waals surface area contributed by atoms with Crippen LogP contribution in [0.15, 0.2) is 27.1 Å². The van der Waals surface area contributed by atoms with Gasteiger partial charge in [0.2, 0.25) is 10.0 Å². The maximum absolute atomic E-state index is 12.2. The highest BCUT2D eigenvalue weighted by Gasteiger charge is 2.22. The first kappa shape index (κ1) is 13.7. The Morgan fingerprint density at radius 3 is 2.78 bits per heavy atom. The molecule has 8 heteroatoms. The minimum Gasteiger partial charge on any atom is -0.285 e. The molecule has 0 fully saturated rings. The van der Waals surface area contributed by atoms with E-state index < -0.39 is 10.0 Å². The molecular weight excluding hydrogens is 338 g/mol. The van der Waals surface area contributed by atoms with E-state index in [4.69, 9.17) is 0 Å². The average Bonchev–Trinajstić information content (AvgIpc) is 2.86. The molecular formula is C10H12BrN3O2S2. The predicted molar refractivity (Wildman–Crippen MR) is 74.1 cm³/mol. The Kier molecular flexibility index (Phi) is 3.90. The molecule has 2 aromatic heterocycles. The second-order valence-corrected chi connectivity index (χ2v) is 8.16. The molecule has 0 aliphatic carbocycles. The van der Waals surface area contributed by atoms with Gasteiger partial charge in [0, 0.05) is 22.7 Å². The van der Waals surface area contributed by atoms with Gasteiger partial charge in [-0.05, 0) is 35.8 Å². The minimum absolute atomic E-state index is 0.315. The lowest BCUT2D eigenvalue weighted by atomic mass is 10.2. The van der Waals surface area contributed by atoms with Gasteiger partial charge in [-0.1, -0.05) is 0 Å². The van der Waals surface area contributed by atoms with Crippen LogP contribution in [0.4, 0.5) is 0 Å². The van der Waals surface area contributed by atoms with Crippen LogP contribution < -0.4 is 4.72 Å². The molecule has 98 valence electrons. The number of thiophene rings is 1. The number of hydrogen-bond donors (Lipinski definition) is 2. The van der Waals surface area contributed by atoms with Gasteiger partial charge < -0.3 is 0 Å². The number of halogens is 1.